The summed E-state index contributed by atoms with van der Waals surface area (Å²) in [5.74, 6) is 0.770. The monoisotopic (exact) mass is 232 g/mol. The van der Waals surface area contributed by atoms with Crippen LogP contribution in [0.2, 0.25) is 0 Å². The number of carbonyl (C=O) groups excluding carboxylic acids is 1. The van der Waals surface area contributed by atoms with Gasteiger partial charge >= 0.3 is 0 Å². The second-order valence-electron chi connectivity index (χ2n) is 4.96. The Bertz CT molecular complexity index is 378. The van der Waals surface area contributed by atoms with Gasteiger partial charge < -0.3 is 4.74 Å². The van der Waals surface area contributed by atoms with Crippen LogP contribution in [0.5, 0.6) is 0 Å². The number of ether oxygens (including phenoxy) is 1. The fraction of sp³-hybridized carbons (Fsp3) is 0.533. The highest BCUT2D eigenvalue weighted by Gasteiger charge is 2.15. The predicted molar refractivity (Wildman–Crippen MR) is 68.3 cm³/mol. The van der Waals surface area contributed by atoms with Gasteiger partial charge in [0.15, 0.2) is 5.78 Å². The minimum Gasteiger partial charge on any atom is -0.373 e. The molecule has 0 radical (unpaired) electrons. The van der Waals surface area contributed by atoms with Gasteiger partial charge in [0.1, 0.15) is 6.61 Å². The van der Waals surface area contributed by atoms with Crippen LogP contribution in [-0.2, 0) is 4.74 Å². The van der Waals surface area contributed by atoms with E-state index in [1.54, 1.807) is 0 Å². The lowest BCUT2D eigenvalue weighted by Gasteiger charge is -2.09. The molecule has 92 valence electrons. The molecule has 2 heteroatoms. The number of Topliss-reactive ketones (excluding diaryl/α,β-unsaturated/α-hetero) is 1. The van der Waals surface area contributed by atoms with Gasteiger partial charge in [-0.15, -0.1) is 0 Å². The van der Waals surface area contributed by atoms with Gasteiger partial charge in [0, 0.05) is 5.56 Å². The molecule has 0 heterocycles. The second kappa shape index (κ2) is 5.97. The lowest BCUT2D eigenvalue weighted by Crippen LogP contribution is -2.13. The summed E-state index contributed by atoms with van der Waals surface area (Å²) in [4.78, 5) is 11.8. The normalized spacial score (nSPS) is 16.3. The smallest absolute Gasteiger partial charge is 0.188 e. The third kappa shape index (κ3) is 3.67. The fourth-order valence-electron chi connectivity index (χ4n) is 2.40. The zero-order chi connectivity index (χ0) is 12.1. The summed E-state index contributed by atoms with van der Waals surface area (Å²) in [6, 6.07) is 7.69. The molecule has 0 spiro atoms. The molecule has 2 rings (SSSR count). The molecule has 1 aliphatic rings. The first-order valence-electron chi connectivity index (χ1n) is 6.43. The van der Waals surface area contributed by atoms with Gasteiger partial charge in [-0.1, -0.05) is 36.6 Å². The molecule has 0 aromatic heterocycles. The van der Waals surface area contributed by atoms with E-state index in [4.69, 9.17) is 4.74 Å². The number of carbonyl (C=O) groups is 1. The number of benzene rings is 1. The van der Waals surface area contributed by atoms with E-state index in [1.807, 2.05) is 31.2 Å². The van der Waals surface area contributed by atoms with Crippen LogP contribution in [0.15, 0.2) is 24.3 Å². The highest BCUT2D eigenvalue weighted by atomic mass is 16.5. The van der Waals surface area contributed by atoms with E-state index >= 15 is 0 Å². The average Bonchev–Trinajstić information content (AvgIpc) is 2.82. The predicted octanol–water partition coefficient (Wildman–Crippen LogP) is 3.38. The summed E-state index contributed by atoms with van der Waals surface area (Å²) in [6.07, 6.45) is 5.16. The topological polar surface area (TPSA) is 26.3 Å². The molecule has 0 amide bonds. The number of hydrogen-bond acceptors (Lipinski definition) is 2. The van der Waals surface area contributed by atoms with Gasteiger partial charge in [0.2, 0.25) is 0 Å². The van der Waals surface area contributed by atoms with E-state index in [-0.39, 0.29) is 12.4 Å². The molecule has 0 aliphatic heterocycles. The van der Waals surface area contributed by atoms with Crippen molar-refractivity contribution in [2.45, 2.75) is 32.6 Å². The van der Waals surface area contributed by atoms with E-state index in [9.17, 15) is 4.79 Å². The summed E-state index contributed by atoms with van der Waals surface area (Å²) >= 11 is 0. The van der Waals surface area contributed by atoms with Crippen molar-refractivity contribution in [3.05, 3.63) is 35.4 Å². The van der Waals surface area contributed by atoms with Gasteiger partial charge in [0.05, 0.1) is 6.61 Å². The molecular weight excluding hydrogens is 212 g/mol. The van der Waals surface area contributed by atoms with E-state index in [0.29, 0.717) is 5.92 Å². The van der Waals surface area contributed by atoms with Gasteiger partial charge in [-0.25, -0.2) is 0 Å². The number of rotatable bonds is 5. The summed E-state index contributed by atoms with van der Waals surface area (Å²) in [5.41, 5.74) is 1.88. The maximum atomic E-state index is 11.8. The van der Waals surface area contributed by atoms with Crippen LogP contribution >= 0.6 is 0 Å². The Balaban J connectivity index is 1.77. The Labute approximate surface area is 103 Å². The van der Waals surface area contributed by atoms with Crippen LogP contribution in [0, 0.1) is 12.8 Å². The van der Waals surface area contributed by atoms with E-state index in [0.717, 1.165) is 17.7 Å². The molecule has 17 heavy (non-hydrogen) atoms. The first kappa shape index (κ1) is 12.3. The minimum absolute atomic E-state index is 0.0895. The Morgan fingerprint density at radius 3 is 2.82 bits per heavy atom. The van der Waals surface area contributed by atoms with Crippen LogP contribution in [0.4, 0.5) is 0 Å². The van der Waals surface area contributed by atoms with E-state index in [1.165, 1.54) is 25.7 Å². The maximum absolute atomic E-state index is 11.8. The van der Waals surface area contributed by atoms with Crippen LogP contribution < -0.4 is 0 Å². The molecule has 0 saturated heterocycles. The lowest BCUT2D eigenvalue weighted by atomic mass is 10.1. The van der Waals surface area contributed by atoms with Crippen molar-refractivity contribution in [2.24, 2.45) is 5.92 Å². The SMILES string of the molecule is Cc1cccc(C(=O)COCC2CCCC2)c1. The number of aryl methyl sites for hydroxylation is 1. The van der Waals surface area contributed by atoms with E-state index < -0.39 is 0 Å². The third-order valence-corrected chi connectivity index (χ3v) is 3.40. The number of ketones is 1. The van der Waals surface area contributed by atoms with E-state index in [2.05, 4.69) is 0 Å². The van der Waals surface area contributed by atoms with Crippen molar-refractivity contribution in [2.75, 3.05) is 13.2 Å². The van der Waals surface area contributed by atoms with Crippen LogP contribution in [0.1, 0.15) is 41.6 Å². The minimum atomic E-state index is 0.0895. The molecule has 0 N–H and O–H groups in total. The van der Waals surface area contributed by atoms with Crippen molar-refractivity contribution >= 4 is 5.78 Å². The summed E-state index contributed by atoms with van der Waals surface area (Å²) in [7, 11) is 0. The molecule has 1 aromatic rings. The lowest BCUT2D eigenvalue weighted by molar-refractivity contribution is 0.0681. The second-order valence-corrected chi connectivity index (χ2v) is 4.96. The first-order valence-corrected chi connectivity index (χ1v) is 6.43. The molecule has 1 fully saturated rings. The van der Waals surface area contributed by atoms with Crippen molar-refractivity contribution in [1.29, 1.82) is 0 Å². The molecule has 2 nitrogen and oxygen atoms in total. The molecular formula is C15H20O2. The standard InChI is InChI=1S/C15H20O2/c1-12-5-4-8-14(9-12)15(16)11-17-10-13-6-2-3-7-13/h4-5,8-9,13H,2-3,6-7,10-11H2,1H3. The summed E-state index contributed by atoms with van der Waals surface area (Å²) < 4.78 is 5.52. The van der Waals surface area contributed by atoms with Gasteiger partial charge in [-0.05, 0) is 31.7 Å². The molecule has 1 aromatic carbocycles. The molecule has 1 aliphatic carbocycles. The van der Waals surface area contributed by atoms with Crippen LogP contribution in [0.3, 0.4) is 0 Å². The van der Waals surface area contributed by atoms with Crippen LogP contribution in [-0.4, -0.2) is 19.0 Å². The van der Waals surface area contributed by atoms with Gasteiger partial charge in [-0.3, -0.25) is 4.79 Å². The first-order chi connectivity index (χ1) is 8.25. The largest absolute Gasteiger partial charge is 0.373 e. The zero-order valence-electron chi connectivity index (χ0n) is 10.4. The molecule has 0 bridgehead atoms. The van der Waals surface area contributed by atoms with Crippen molar-refractivity contribution in [1.82, 2.24) is 0 Å². The Morgan fingerprint density at radius 1 is 1.35 bits per heavy atom. The maximum Gasteiger partial charge on any atom is 0.188 e. The van der Waals surface area contributed by atoms with Gasteiger partial charge in [-0.2, -0.15) is 0 Å². The van der Waals surface area contributed by atoms with Crippen molar-refractivity contribution in [3.63, 3.8) is 0 Å². The molecule has 0 atom stereocenters. The Hall–Kier alpha value is -1.15. The Morgan fingerprint density at radius 2 is 2.12 bits per heavy atom. The Kier molecular flexibility index (Phi) is 4.32. The fourth-order valence-corrected chi connectivity index (χ4v) is 2.40. The van der Waals surface area contributed by atoms with Crippen LogP contribution in [0.25, 0.3) is 0 Å². The highest BCUT2D eigenvalue weighted by molar-refractivity contribution is 5.97. The molecule has 1 saturated carbocycles. The third-order valence-electron chi connectivity index (χ3n) is 3.40. The summed E-state index contributed by atoms with van der Waals surface area (Å²) in [5, 5.41) is 0. The van der Waals surface area contributed by atoms with Gasteiger partial charge in [0.25, 0.3) is 0 Å². The number of hydrogen-bond donors (Lipinski definition) is 0. The average molecular weight is 232 g/mol. The van der Waals surface area contributed by atoms with Crippen molar-refractivity contribution < 1.29 is 9.53 Å². The summed E-state index contributed by atoms with van der Waals surface area (Å²) in [6.45, 7) is 2.97. The zero-order valence-corrected chi connectivity index (χ0v) is 10.4. The molecule has 0 unspecified atom stereocenters. The van der Waals surface area contributed by atoms with Crippen molar-refractivity contribution in [3.8, 4) is 0 Å². The highest BCUT2D eigenvalue weighted by Crippen LogP contribution is 2.24. The quantitative estimate of drug-likeness (QED) is 0.727.